The third kappa shape index (κ3) is 4.74. The highest BCUT2D eigenvalue weighted by Crippen LogP contribution is 2.31. The van der Waals surface area contributed by atoms with Gasteiger partial charge in [0.25, 0.3) is 0 Å². The van der Waals surface area contributed by atoms with Crippen molar-refractivity contribution in [2.75, 3.05) is 16.8 Å². The molecule has 4 rings (SSSR count). The van der Waals surface area contributed by atoms with Gasteiger partial charge in [0.05, 0.1) is 10.8 Å². The van der Waals surface area contributed by atoms with E-state index >= 15 is 0 Å². The average Bonchev–Trinajstić information content (AvgIpc) is 3.20. The summed E-state index contributed by atoms with van der Waals surface area (Å²) in [5.74, 6) is -0.762. The van der Waals surface area contributed by atoms with E-state index in [1.165, 1.54) is 0 Å². The highest BCUT2D eigenvalue weighted by atomic mass is 32.2. The Kier molecular flexibility index (Phi) is 7.09. The minimum atomic E-state index is -3.60. The van der Waals surface area contributed by atoms with Gasteiger partial charge in [0.1, 0.15) is 0 Å². The number of anilines is 2. The number of hydrogen-bond acceptors (Lipinski definition) is 4. The van der Waals surface area contributed by atoms with Crippen LogP contribution >= 0.6 is 0 Å². The molecule has 2 fully saturated rings. The van der Waals surface area contributed by atoms with Crippen LogP contribution in [0.25, 0.3) is 0 Å². The topological polar surface area (TPSA) is 86.8 Å². The highest BCUT2D eigenvalue weighted by molar-refractivity contribution is 7.89. The zero-order valence-corrected chi connectivity index (χ0v) is 20.8. The van der Waals surface area contributed by atoms with E-state index in [1.54, 1.807) is 33.5 Å². The fraction of sp³-hybridized carbons (Fsp3) is 0.462. The molecule has 2 saturated heterocycles. The van der Waals surface area contributed by atoms with Gasteiger partial charge in [-0.25, -0.2) is 8.42 Å². The van der Waals surface area contributed by atoms with Crippen molar-refractivity contribution in [1.29, 1.82) is 0 Å². The summed E-state index contributed by atoms with van der Waals surface area (Å²) in [6.45, 7) is 6.28. The van der Waals surface area contributed by atoms with Crippen molar-refractivity contribution in [2.24, 2.45) is 5.92 Å². The molecule has 0 radical (unpaired) electrons. The largest absolute Gasteiger partial charge is 0.326 e. The third-order valence-corrected chi connectivity index (χ3v) is 9.11. The first-order valence-electron chi connectivity index (χ1n) is 12.0. The number of hydrogen-bond donors (Lipinski definition) is 1. The fourth-order valence-electron chi connectivity index (χ4n) is 5.14. The van der Waals surface area contributed by atoms with E-state index in [1.807, 2.05) is 45.0 Å². The summed E-state index contributed by atoms with van der Waals surface area (Å²) >= 11 is 0. The Labute approximate surface area is 202 Å². The number of rotatable bonds is 6. The molecule has 0 aromatic heterocycles. The highest BCUT2D eigenvalue weighted by Gasteiger charge is 2.37. The summed E-state index contributed by atoms with van der Waals surface area (Å²) in [6, 6.07) is 14.0. The summed E-state index contributed by atoms with van der Waals surface area (Å²) in [5.41, 5.74) is 2.45. The lowest BCUT2D eigenvalue weighted by molar-refractivity contribution is -0.122. The van der Waals surface area contributed by atoms with Crippen molar-refractivity contribution in [3.05, 3.63) is 54.1 Å². The zero-order valence-electron chi connectivity index (χ0n) is 20.0. The molecule has 1 N–H and O–H groups in total. The predicted octanol–water partition coefficient (Wildman–Crippen LogP) is 4.19. The molecule has 0 unspecified atom stereocenters. The first kappa shape index (κ1) is 24.4. The molecule has 0 spiro atoms. The van der Waals surface area contributed by atoms with Crippen molar-refractivity contribution < 1.29 is 18.0 Å². The Balaban J connectivity index is 1.44. The maximum absolute atomic E-state index is 13.2. The van der Waals surface area contributed by atoms with Gasteiger partial charge >= 0.3 is 0 Å². The minimum absolute atomic E-state index is 0.0335. The zero-order chi connectivity index (χ0) is 24.5. The summed E-state index contributed by atoms with van der Waals surface area (Å²) < 4.78 is 28.0. The molecule has 3 atom stereocenters. The molecular formula is C26H33N3O4S. The number of amides is 2. The quantitative estimate of drug-likeness (QED) is 0.667. The van der Waals surface area contributed by atoms with Crippen molar-refractivity contribution in [2.45, 2.75) is 69.9 Å². The number of benzene rings is 2. The van der Waals surface area contributed by atoms with E-state index < -0.39 is 15.9 Å². The number of aryl methyl sites for hydroxylation is 1. The van der Waals surface area contributed by atoms with Gasteiger partial charge in [-0.3, -0.25) is 9.59 Å². The Bertz CT molecular complexity index is 1150. The first-order valence-corrected chi connectivity index (χ1v) is 13.5. The van der Waals surface area contributed by atoms with Crippen molar-refractivity contribution >= 4 is 33.2 Å². The molecule has 2 aromatic carbocycles. The van der Waals surface area contributed by atoms with E-state index in [0.29, 0.717) is 12.2 Å². The third-order valence-electron chi connectivity index (χ3n) is 6.97. The molecule has 7 nitrogen and oxygen atoms in total. The number of para-hydroxylation sites is 1. The molecule has 2 amide bonds. The average molecular weight is 484 g/mol. The maximum Gasteiger partial charge on any atom is 0.243 e. The van der Waals surface area contributed by atoms with E-state index in [0.717, 1.165) is 36.9 Å². The molecule has 8 heteroatoms. The van der Waals surface area contributed by atoms with Gasteiger partial charge in [-0.2, -0.15) is 4.31 Å². The molecule has 2 aliphatic rings. The van der Waals surface area contributed by atoms with Gasteiger partial charge in [-0.1, -0.05) is 31.5 Å². The van der Waals surface area contributed by atoms with Crippen LogP contribution in [0.15, 0.2) is 53.4 Å². The molecule has 2 heterocycles. The molecule has 0 saturated carbocycles. The molecule has 2 aromatic rings. The van der Waals surface area contributed by atoms with Gasteiger partial charge in [0.2, 0.25) is 21.8 Å². The van der Waals surface area contributed by atoms with E-state index in [4.69, 9.17) is 0 Å². The summed E-state index contributed by atoms with van der Waals surface area (Å²) in [5, 5.41) is 2.85. The second kappa shape index (κ2) is 9.88. The van der Waals surface area contributed by atoms with Gasteiger partial charge in [0.15, 0.2) is 0 Å². The van der Waals surface area contributed by atoms with Crippen LogP contribution in [0.4, 0.5) is 11.4 Å². The molecular weight excluding hydrogens is 450 g/mol. The summed E-state index contributed by atoms with van der Waals surface area (Å²) in [4.78, 5) is 27.5. The lowest BCUT2D eigenvalue weighted by atomic mass is 10.0. The Hall–Kier alpha value is -2.71. The molecule has 0 bridgehead atoms. The Morgan fingerprint density at radius 1 is 1.03 bits per heavy atom. The predicted molar refractivity (Wildman–Crippen MR) is 133 cm³/mol. The Morgan fingerprint density at radius 3 is 2.32 bits per heavy atom. The van der Waals surface area contributed by atoms with Crippen LogP contribution in [0, 0.1) is 5.92 Å². The van der Waals surface area contributed by atoms with E-state index in [9.17, 15) is 18.0 Å². The molecule has 2 aliphatic heterocycles. The van der Waals surface area contributed by atoms with Crippen molar-refractivity contribution in [3.8, 4) is 0 Å². The summed E-state index contributed by atoms with van der Waals surface area (Å²) in [6.07, 6.45) is 3.71. The normalized spacial score (nSPS) is 23.8. The second-order valence-electron chi connectivity index (χ2n) is 9.37. The van der Waals surface area contributed by atoms with Crippen LogP contribution in [-0.2, 0) is 26.0 Å². The lowest BCUT2D eigenvalue weighted by Crippen LogP contribution is -2.47. The van der Waals surface area contributed by atoms with Crippen LogP contribution in [-0.4, -0.2) is 43.2 Å². The SMILES string of the molecule is CCc1ccccc1N1C[C@@H](C(=O)Nc2ccc(S(=O)(=O)N3[C@H](C)CCC[C@@H]3C)cc2)CC1=O. The fourth-order valence-corrected chi connectivity index (χ4v) is 7.02. The standard InChI is InChI=1S/C26H33N3O4S/c1-4-20-10-5-6-11-24(20)28-17-21(16-25(28)30)26(31)27-22-12-14-23(15-13-22)34(32,33)29-18(2)8-7-9-19(29)3/h5-6,10-15,18-19,21H,4,7-9,16-17H2,1-3H3,(H,27,31)/t18-,19+,21-/m0/s1. The first-order chi connectivity index (χ1) is 16.2. The van der Waals surface area contributed by atoms with Crippen LogP contribution in [0.3, 0.4) is 0 Å². The summed E-state index contributed by atoms with van der Waals surface area (Å²) in [7, 11) is -3.60. The van der Waals surface area contributed by atoms with Gasteiger partial charge in [-0.05, 0) is 69.0 Å². The second-order valence-corrected chi connectivity index (χ2v) is 11.2. The monoisotopic (exact) mass is 483 g/mol. The van der Waals surface area contributed by atoms with Crippen molar-refractivity contribution in [1.82, 2.24) is 4.31 Å². The van der Waals surface area contributed by atoms with Gasteiger partial charge < -0.3 is 10.2 Å². The van der Waals surface area contributed by atoms with E-state index in [-0.39, 0.29) is 35.2 Å². The number of piperidine rings is 1. The number of carbonyl (C=O) groups excluding carboxylic acids is 2. The minimum Gasteiger partial charge on any atom is -0.326 e. The van der Waals surface area contributed by atoms with Crippen LogP contribution < -0.4 is 10.2 Å². The molecule has 0 aliphatic carbocycles. The van der Waals surface area contributed by atoms with Crippen LogP contribution in [0.1, 0.15) is 52.0 Å². The van der Waals surface area contributed by atoms with Crippen LogP contribution in [0.5, 0.6) is 0 Å². The molecule has 34 heavy (non-hydrogen) atoms. The van der Waals surface area contributed by atoms with E-state index in [2.05, 4.69) is 5.32 Å². The molecule has 182 valence electrons. The maximum atomic E-state index is 13.2. The number of carbonyl (C=O) groups is 2. The lowest BCUT2D eigenvalue weighted by Gasteiger charge is -2.37. The van der Waals surface area contributed by atoms with Crippen LogP contribution in [0.2, 0.25) is 0 Å². The number of nitrogens with zero attached hydrogens (tertiary/aromatic N) is 2. The smallest absolute Gasteiger partial charge is 0.243 e. The number of sulfonamides is 1. The van der Waals surface area contributed by atoms with Gasteiger partial charge in [0, 0.05) is 36.4 Å². The number of nitrogens with one attached hydrogen (secondary N) is 1. The Morgan fingerprint density at radius 2 is 1.68 bits per heavy atom. The van der Waals surface area contributed by atoms with Gasteiger partial charge in [-0.15, -0.1) is 0 Å². The van der Waals surface area contributed by atoms with Crippen molar-refractivity contribution in [3.63, 3.8) is 0 Å².